The molecule has 20 nitrogen and oxygen atoms in total. The second-order valence-corrected chi connectivity index (χ2v) is 22.1. The lowest BCUT2D eigenvalue weighted by Crippen LogP contribution is -2.62. The van der Waals surface area contributed by atoms with E-state index in [0.717, 1.165) is 45.4 Å². The summed E-state index contributed by atoms with van der Waals surface area (Å²) in [6.45, 7) is 19.5. The summed E-state index contributed by atoms with van der Waals surface area (Å²) in [6.07, 6.45) is -2.41. The fraction of sp³-hybridized carbons (Fsp3) is 0.685. The Morgan fingerprint density at radius 3 is 1.66 bits per heavy atom. The number of amides is 10. The molecule has 0 bridgehead atoms. The van der Waals surface area contributed by atoms with E-state index in [4.69, 9.17) is 10.5 Å². The summed E-state index contributed by atoms with van der Waals surface area (Å²) in [5.74, 6) is -6.97. The zero-order valence-corrected chi connectivity index (χ0v) is 47.5. The van der Waals surface area contributed by atoms with E-state index in [1.165, 1.54) is 57.1 Å². The first-order valence-electron chi connectivity index (χ1n) is 26.4. The number of benzene rings is 1. The van der Waals surface area contributed by atoms with Gasteiger partial charge in [0.1, 0.15) is 36.3 Å². The predicted molar refractivity (Wildman–Crippen MR) is 283 cm³/mol. The Balaban J connectivity index is 2.56. The Bertz CT molecular complexity index is 2210. The van der Waals surface area contributed by atoms with Gasteiger partial charge in [-0.2, -0.15) is 13.2 Å². The maximum Gasteiger partial charge on any atom is 0.416 e. The van der Waals surface area contributed by atoms with Crippen LogP contribution in [0.25, 0.3) is 0 Å². The van der Waals surface area contributed by atoms with Gasteiger partial charge in [-0.05, 0) is 109 Å². The van der Waals surface area contributed by atoms with Gasteiger partial charge in [-0.25, -0.2) is 4.79 Å². The molecule has 0 radical (unpaired) electrons. The number of nitrogens with two attached hydrogens (primary N) is 1. The molecule has 1 aromatic rings. The minimum absolute atomic E-state index is 0.000687. The topological polar surface area (TPSA) is 261 Å². The third-order valence-corrected chi connectivity index (χ3v) is 12.9. The van der Waals surface area contributed by atoms with Crippen molar-refractivity contribution >= 4 is 53.3 Å². The Labute approximate surface area is 452 Å². The standard InChI is InChI=1S/C54H86F3N9O11/c1-15-66(50(74)42(29-34(6)7)62(12)44(69)23-26-77-53(9,10)11)52(76)61-45(35(8)67)51(75)64(14)41(28-33(4)5)49(73)63(13)40(27-32(2)3)47(71)59-38(30-36-19-21-37(22-20-36)54(55,56)57)46(70)60-39(31-43(58)68)48(72)65-24-17-16-18-25-65/h19-23,26,32-35,38-42,45,67H,15-18,24-25,27-31H2,1-14H3,(H2,58,68)(H,59,71)(H,60,70)(H,61,76)/b26-23-/t35-,38+,39+,40+,41+,42+,45+/m1/s1. The maximum absolute atomic E-state index is 14.9. The number of ether oxygens (including phenoxy) is 1. The molecule has 0 aromatic heterocycles. The number of hydrogen-bond acceptors (Lipinski definition) is 11. The van der Waals surface area contributed by atoms with Crippen molar-refractivity contribution in [2.24, 2.45) is 23.5 Å². The second-order valence-electron chi connectivity index (χ2n) is 22.1. The number of aliphatic hydroxyl groups is 1. The number of urea groups is 1. The molecule has 434 valence electrons. The summed E-state index contributed by atoms with van der Waals surface area (Å²) in [7, 11) is 4.03. The number of rotatable bonds is 26. The minimum atomic E-state index is -4.67. The van der Waals surface area contributed by atoms with E-state index in [-0.39, 0.29) is 55.5 Å². The Morgan fingerprint density at radius 1 is 0.701 bits per heavy atom. The quantitative estimate of drug-likeness (QED) is 0.0643. The van der Waals surface area contributed by atoms with E-state index in [2.05, 4.69) is 16.0 Å². The molecule has 1 heterocycles. The highest BCUT2D eigenvalue weighted by atomic mass is 19.4. The van der Waals surface area contributed by atoms with Crippen LogP contribution in [-0.2, 0) is 55.7 Å². The molecule has 1 saturated heterocycles. The van der Waals surface area contributed by atoms with Gasteiger partial charge in [-0.15, -0.1) is 0 Å². The highest BCUT2D eigenvalue weighted by Crippen LogP contribution is 2.29. The molecule has 0 spiro atoms. The smallest absolute Gasteiger partial charge is 0.416 e. The molecule has 6 N–H and O–H groups in total. The largest absolute Gasteiger partial charge is 0.496 e. The molecule has 77 heavy (non-hydrogen) atoms. The Hall–Kier alpha value is -6.26. The van der Waals surface area contributed by atoms with Gasteiger partial charge in [0.05, 0.1) is 30.0 Å². The molecular weight excluding hydrogens is 1010 g/mol. The Kier molecular flexibility index (Phi) is 26.1. The highest BCUT2D eigenvalue weighted by molar-refractivity contribution is 6.02. The summed E-state index contributed by atoms with van der Waals surface area (Å²) < 4.78 is 46.2. The molecule has 1 aliphatic rings. The minimum Gasteiger partial charge on any atom is -0.496 e. The average Bonchev–Trinajstić information content (AvgIpc) is 3.33. The van der Waals surface area contributed by atoms with Gasteiger partial charge in [-0.1, -0.05) is 53.7 Å². The summed E-state index contributed by atoms with van der Waals surface area (Å²) in [5.41, 5.74) is 4.14. The molecule has 1 aromatic carbocycles. The number of hydrogen-bond donors (Lipinski definition) is 5. The monoisotopic (exact) mass is 1090 g/mol. The molecule has 7 atom stereocenters. The van der Waals surface area contributed by atoms with Crippen LogP contribution in [0, 0.1) is 17.8 Å². The first-order chi connectivity index (χ1) is 35.6. The van der Waals surface area contributed by atoms with Gasteiger partial charge < -0.3 is 51.1 Å². The van der Waals surface area contributed by atoms with Crippen molar-refractivity contribution < 1.29 is 66.2 Å². The SMILES string of the molecule is CCN(C(=O)N[C@H](C(=O)N(C)[C@@H](CC(C)C)C(=O)N(C)[C@@H](CC(C)C)C(=O)N[C@@H](Cc1ccc(C(F)(F)F)cc1)C(=O)N[C@@H](CC(N)=O)C(=O)N1CCCCC1)[C@@H](C)O)C(=O)[C@H](CC(C)C)N(C)C(=O)/C=C\OC(C)(C)C. The summed E-state index contributed by atoms with van der Waals surface area (Å²) >= 11 is 0. The summed E-state index contributed by atoms with van der Waals surface area (Å²) in [5, 5.41) is 18.7. The van der Waals surface area contributed by atoms with Crippen LogP contribution >= 0.6 is 0 Å². The van der Waals surface area contributed by atoms with Crippen LogP contribution in [0.1, 0.15) is 132 Å². The summed E-state index contributed by atoms with van der Waals surface area (Å²) in [6, 6.07) is -5.70. The number of carbonyl (C=O) groups excluding carboxylic acids is 9. The molecule has 0 unspecified atom stereocenters. The van der Waals surface area contributed by atoms with Crippen LogP contribution in [0.4, 0.5) is 18.0 Å². The average molecular weight is 1090 g/mol. The lowest BCUT2D eigenvalue weighted by Gasteiger charge is -2.38. The molecule has 1 aliphatic heterocycles. The van der Waals surface area contributed by atoms with E-state index >= 15 is 0 Å². The first kappa shape index (κ1) is 66.9. The number of aliphatic hydroxyl groups excluding tert-OH is 1. The van der Waals surface area contributed by atoms with Crippen molar-refractivity contribution in [2.75, 3.05) is 40.8 Å². The zero-order valence-electron chi connectivity index (χ0n) is 47.5. The van der Waals surface area contributed by atoms with Crippen molar-refractivity contribution in [1.29, 1.82) is 0 Å². The molecule has 0 aliphatic carbocycles. The fourth-order valence-corrected chi connectivity index (χ4v) is 8.69. The number of imide groups is 1. The molecule has 10 amide bonds. The van der Waals surface area contributed by atoms with Crippen LogP contribution in [0.2, 0.25) is 0 Å². The molecule has 1 fully saturated rings. The fourth-order valence-electron chi connectivity index (χ4n) is 8.69. The van der Waals surface area contributed by atoms with Crippen molar-refractivity contribution in [2.45, 2.75) is 182 Å². The zero-order chi connectivity index (χ0) is 58.9. The molecule has 23 heteroatoms. The van der Waals surface area contributed by atoms with Gasteiger partial charge in [-0.3, -0.25) is 43.3 Å². The lowest BCUT2D eigenvalue weighted by molar-refractivity contribution is -0.150. The van der Waals surface area contributed by atoms with Crippen molar-refractivity contribution in [3.63, 3.8) is 0 Å². The van der Waals surface area contributed by atoms with E-state index in [9.17, 15) is 61.4 Å². The number of likely N-dealkylation sites (N-methyl/N-ethyl adjacent to an activating group) is 4. The number of primary amides is 1. The maximum atomic E-state index is 14.9. The van der Waals surface area contributed by atoms with E-state index in [1.807, 2.05) is 13.8 Å². The van der Waals surface area contributed by atoms with Gasteiger partial charge in [0.15, 0.2) is 0 Å². The van der Waals surface area contributed by atoms with Crippen LogP contribution in [0.3, 0.4) is 0 Å². The number of nitrogens with one attached hydrogen (secondary N) is 3. The molecule has 2 rings (SSSR count). The van der Waals surface area contributed by atoms with Gasteiger partial charge in [0.2, 0.25) is 41.4 Å². The second kappa shape index (κ2) is 30.0. The van der Waals surface area contributed by atoms with Gasteiger partial charge >= 0.3 is 12.2 Å². The lowest BCUT2D eigenvalue weighted by atomic mass is 9.96. The predicted octanol–water partition coefficient (Wildman–Crippen LogP) is 4.36. The number of piperidine rings is 1. The number of carbonyl (C=O) groups is 9. The highest BCUT2D eigenvalue weighted by Gasteiger charge is 2.42. The number of nitrogens with zero attached hydrogens (tertiary/aromatic N) is 5. The van der Waals surface area contributed by atoms with Crippen LogP contribution < -0.4 is 21.7 Å². The van der Waals surface area contributed by atoms with E-state index < -0.39 is 119 Å². The van der Waals surface area contributed by atoms with Crippen molar-refractivity contribution in [3.8, 4) is 0 Å². The third kappa shape index (κ3) is 21.2. The van der Waals surface area contributed by atoms with Crippen molar-refractivity contribution in [3.05, 3.63) is 47.7 Å². The Morgan fingerprint density at radius 2 is 1.19 bits per heavy atom. The first-order valence-corrected chi connectivity index (χ1v) is 26.4. The van der Waals surface area contributed by atoms with E-state index in [0.29, 0.717) is 25.9 Å². The number of alkyl halides is 3. The van der Waals surface area contributed by atoms with Crippen LogP contribution in [0.15, 0.2) is 36.6 Å². The van der Waals surface area contributed by atoms with Gasteiger partial charge in [0.25, 0.3) is 5.91 Å². The van der Waals surface area contributed by atoms with Crippen LogP contribution in [-0.4, -0.2) is 172 Å². The molecule has 0 saturated carbocycles. The summed E-state index contributed by atoms with van der Waals surface area (Å²) in [4.78, 5) is 131. The third-order valence-electron chi connectivity index (χ3n) is 12.9. The van der Waals surface area contributed by atoms with Gasteiger partial charge in [0, 0.05) is 53.3 Å². The number of likely N-dealkylation sites (tertiary alicyclic amines) is 1. The molecular formula is C54H86F3N9O11. The number of halogens is 3. The van der Waals surface area contributed by atoms with E-state index in [1.54, 1.807) is 48.5 Å². The van der Waals surface area contributed by atoms with Crippen LogP contribution in [0.5, 0.6) is 0 Å². The normalized spacial score (nSPS) is 15.9. The van der Waals surface area contributed by atoms with Crippen molar-refractivity contribution in [1.82, 2.24) is 40.4 Å².